The zero-order valence-electron chi connectivity index (χ0n) is 9.72. The first-order valence-corrected chi connectivity index (χ1v) is 5.88. The molecule has 0 spiro atoms. The average molecular weight is 244 g/mol. The maximum Gasteiger partial charge on any atom is 0.251 e. The monoisotopic (exact) mass is 244 g/mol. The summed E-state index contributed by atoms with van der Waals surface area (Å²) in [6.45, 7) is 3.41. The molecule has 0 aromatic carbocycles. The summed E-state index contributed by atoms with van der Waals surface area (Å²) in [4.78, 5) is 5.04. The lowest BCUT2D eigenvalue weighted by atomic mass is 9.94. The lowest BCUT2D eigenvalue weighted by Crippen LogP contribution is -2.35. The second kappa shape index (κ2) is 4.94. The molecule has 2 rings (SSSR count). The number of pyridine rings is 1. The zero-order valence-corrected chi connectivity index (χ0v) is 9.72. The van der Waals surface area contributed by atoms with Crippen molar-refractivity contribution in [3.05, 3.63) is 23.6 Å². The van der Waals surface area contributed by atoms with Crippen LogP contribution in [0.3, 0.4) is 0 Å². The predicted molar refractivity (Wildman–Crippen MR) is 59.3 cm³/mol. The van der Waals surface area contributed by atoms with Gasteiger partial charge in [0.15, 0.2) is 17.5 Å². The van der Waals surface area contributed by atoms with Crippen LogP contribution >= 0.6 is 0 Å². The Morgan fingerprint density at radius 3 is 2.47 bits per heavy atom. The Hall–Kier alpha value is -1.26. The quantitative estimate of drug-likeness (QED) is 0.743. The van der Waals surface area contributed by atoms with Gasteiger partial charge in [-0.25, -0.2) is 8.78 Å². The molecule has 0 radical (unpaired) electrons. The Morgan fingerprint density at radius 2 is 1.88 bits per heavy atom. The van der Waals surface area contributed by atoms with Crippen LogP contribution in [0.25, 0.3) is 0 Å². The minimum Gasteiger partial charge on any atom is -0.354 e. The number of hydrogen-bond donors (Lipinski definition) is 0. The molecule has 5 heteroatoms. The van der Waals surface area contributed by atoms with Crippen molar-refractivity contribution >= 4 is 5.82 Å². The first-order chi connectivity index (χ1) is 8.11. The minimum absolute atomic E-state index is 0.0709. The van der Waals surface area contributed by atoms with Crippen LogP contribution in [-0.2, 0) is 0 Å². The van der Waals surface area contributed by atoms with Crippen molar-refractivity contribution < 1.29 is 13.2 Å². The molecule has 0 saturated carbocycles. The molecule has 1 aromatic heterocycles. The van der Waals surface area contributed by atoms with Crippen molar-refractivity contribution in [3.63, 3.8) is 0 Å². The molecular formula is C12H15F3N2. The van der Waals surface area contributed by atoms with Gasteiger partial charge in [-0.15, -0.1) is 0 Å². The maximum absolute atomic E-state index is 13.5. The summed E-state index contributed by atoms with van der Waals surface area (Å²) in [5.74, 6) is -2.70. The van der Waals surface area contributed by atoms with Crippen molar-refractivity contribution in [1.82, 2.24) is 4.98 Å². The standard InChI is InChI=1S/C12H15F3N2/c1-2-8-3-5-17(6-4-8)12-10(14)7-9(13)11(15)16-12/h7-8H,2-6H2,1H3. The molecule has 1 fully saturated rings. The molecule has 0 atom stereocenters. The van der Waals surface area contributed by atoms with Crippen LogP contribution in [0.5, 0.6) is 0 Å². The van der Waals surface area contributed by atoms with Gasteiger partial charge in [0.05, 0.1) is 0 Å². The topological polar surface area (TPSA) is 16.1 Å². The van der Waals surface area contributed by atoms with E-state index in [1.807, 2.05) is 0 Å². The van der Waals surface area contributed by atoms with E-state index in [0.29, 0.717) is 25.1 Å². The fraction of sp³-hybridized carbons (Fsp3) is 0.583. The number of piperidine rings is 1. The molecule has 0 aliphatic carbocycles. The van der Waals surface area contributed by atoms with E-state index in [4.69, 9.17) is 0 Å². The first kappa shape index (κ1) is 12.2. The Labute approximate surface area is 98.5 Å². The van der Waals surface area contributed by atoms with E-state index in [-0.39, 0.29) is 5.82 Å². The van der Waals surface area contributed by atoms with Gasteiger partial charge in [-0.3, -0.25) is 0 Å². The van der Waals surface area contributed by atoms with Gasteiger partial charge in [-0.05, 0) is 18.8 Å². The lowest BCUT2D eigenvalue weighted by Gasteiger charge is -2.32. The van der Waals surface area contributed by atoms with E-state index in [1.54, 1.807) is 4.90 Å². The fourth-order valence-corrected chi connectivity index (χ4v) is 2.21. The normalized spacial score (nSPS) is 17.5. The Morgan fingerprint density at radius 1 is 1.24 bits per heavy atom. The highest BCUT2D eigenvalue weighted by Crippen LogP contribution is 2.26. The average Bonchev–Trinajstić information content (AvgIpc) is 2.34. The van der Waals surface area contributed by atoms with Crippen molar-refractivity contribution in [3.8, 4) is 0 Å². The van der Waals surface area contributed by atoms with Crippen LogP contribution in [-0.4, -0.2) is 18.1 Å². The van der Waals surface area contributed by atoms with Gasteiger partial charge >= 0.3 is 0 Å². The van der Waals surface area contributed by atoms with E-state index in [0.717, 1.165) is 19.3 Å². The highest BCUT2D eigenvalue weighted by atomic mass is 19.2. The summed E-state index contributed by atoms with van der Waals surface area (Å²) < 4.78 is 39.2. The second-order valence-electron chi connectivity index (χ2n) is 4.41. The van der Waals surface area contributed by atoms with Crippen molar-refractivity contribution in [1.29, 1.82) is 0 Å². The van der Waals surface area contributed by atoms with Crippen LogP contribution in [0.4, 0.5) is 19.0 Å². The molecule has 1 aliphatic heterocycles. The molecule has 17 heavy (non-hydrogen) atoms. The lowest BCUT2D eigenvalue weighted by molar-refractivity contribution is 0.387. The van der Waals surface area contributed by atoms with E-state index in [9.17, 15) is 13.2 Å². The highest BCUT2D eigenvalue weighted by Gasteiger charge is 2.22. The van der Waals surface area contributed by atoms with Gasteiger partial charge < -0.3 is 4.90 Å². The zero-order chi connectivity index (χ0) is 12.4. The molecule has 1 aliphatic rings. The van der Waals surface area contributed by atoms with E-state index in [2.05, 4.69) is 11.9 Å². The van der Waals surface area contributed by atoms with Crippen molar-refractivity contribution in [2.24, 2.45) is 5.92 Å². The molecule has 1 saturated heterocycles. The van der Waals surface area contributed by atoms with E-state index >= 15 is 0 Å². The van der Waals surface area contributed by atoms with E-state index in [1.165, 1.54) is 0 Å². The maximum atomic E-state index is 13.5. The van der Waals surface area contributed by atoms with E-state index < -0.39 is 17.6 Å². The van der Waals surface area contributed by atoms with Crippen LogP contribution in [0, 0.1) is 23.5 Å². The molecule has 0 bridgehead atoms. The number of hydrogen-bond acceptors (Lipinski definition) is 2. The molecule has 2 heterocycles. The summed E-state index contributed by atoms with van der Waals surface area (Å²) in [7, 11) is 0. The van der Waals surface area contributed by atoms with Crippen LogP contribution in [0.15, 0.2) is 6.07 Å². The van der Waals surface area contributed by atoms with Gasteiger partial charge in [0, 0.05) is 19.2 Å². The summed E-state index contributed by atoms with van der Waals surface area (Å²) >= 11 is 0. The number of halogens is 3. The van der Waals surface area contributed by atoms with Gasteiger partial charge in [-0.1, -0.05) is 13.3 Å². The Bertz CT molecular complexity index is 401. The molecule has 94 valence electrons. The summed E-state index contributed by atoms with van der Waals surface area (Å²) in [6.07, 6.45) is 2.98. The fourth-order valence-electron chi connectivity index (χ4n) is 2.21. The van der Waals surface area contributed by atoms with Crippen molar-refractivity contribution in [2.75, 3.05) is 18.0 Å². The predicted octanol–water partition coefficient (Wildman–Crippen LogP) is 3.13. The summed E-state index contributed by atoms with van der Waals surface area (Å²) in [5.41, 5.74) is 0. The molecular weight excluding hydrogens is 229 g/mol. The van der Waals surface area contributed by atoms with Gasteiger partial charge in [0.1, 0.15) is 0 Å². The molecule has 0 N–H and O–H groups in total. The Kier molecular flexibility index (Phi) is 3.54. The number of anilines is 1. The van der Waals surface area contributed by atoms with Crippen LogP contribution in [0.1, 0.15) is 26.2 Å². The van der Waals surface area contributed by atoms with Crippen LogP contribution in [0.2, 0.25) is 0 Å². The third-order valence-electron chi connectivity index (χ3n) is 3.36. The Balaban J connectivity index is 2.16. The van der Waals surface area contributed by atoms with Crippen LogP contribution < -0.4 is 4.90 Å². The molecule has 0 amide bonds. The molecule has 0 unspecified atom stereocenters. The highest BCUT2D eigenvalue weighted by molar-refractivity contribution is 5.40. The summed E-state index contributed by atoms with van der Waals surface area (Å²) in [6, 6.07) is 0.559. The van der Waals surface area contributed by atoms with Gasteiger partial charge in [-0.2, -0.15) is 9.37 Å². The third kappa shape index (κ3) is 2.53. The number of aromatic nitrogens is 1. The second-order valence-corrected chi connectivity index (χ2v) is 4.41. The third-order valence-corrected chi connectivity index (χ3v) is 3.36. The molecule has 2 nitrogen and oxygen atoms in total. The van der Waals surface area contributed by atoms with Gasteiger partial charge in [0.2, 0.25) is 0 Å². The van der Waals surface area contributed by atoms with Crippen molar-refractivity contribution in [2.45, 2.75) is 26.2 Å². The first-order valence-electron chi connectivity index (χ1n) is 5.88. The minimum atomic E-state index is -1.24. The van der Waals surface area contributed by atoms with Gasteiger partial charge in [0.25, 0.3) is 5.95 Å². The largest absolute Gasteiger partial charge is 0.354 e. The summed E-state index contributed by atoms with van der Waals surface area (Å²) in [5, 5.41) is 0. The molecule has 1 aromatic rings. The SMILES string of the molecule is CCC1CCN(c2nc(F)c(F)cc2F)CC1. The number of nitrogens with zero attached hydrogens (tertiary/aromatic N) is 2. The number of rotatable bonds is 2. The smallest absolute Gasteiger partial charge is 0.251 e.